The highest BCUT2D eigenvalue weighted by atomic mass is 127. The van der Waals surface area contributed by atoms with Crippen molar-refractivity contribution in [2.75, 3.05) is 0 Å². The number of hydrogen-bond donors (Lipinski definition) is 3. The number of carbonyl (C=O) groups is 1. The van der Waals surface area contributed by atoms with Gasteiger partial charge in [0.25, 0.3) is 5.91 Å². The maximum Gasteiger partial charge on any atom is 0.269 e. The number of nitrogens with two attached hydrogens (primary N) is 1. The lowest BCUT2D eigenvalue weighted by Crippen LogP contribution is -2.20. The lowest BCUT2D eigenvalue weighted by atomic mass is 9.81. The van der Waals surface area contributed by atoms with E-state index < -0.39 is 5.91 Å². The Morgan fingerprint density at radius 2 is 1.00 bits per heavy atom. The van der Waals surface area contributed by atoms with Gasteiger partial charge in [-0.2, -0.15) is 15.5 Å². The van der Waals surface area contributed by atoms with Gasteiger partial charge in [0.15, 0.2) is 5.69 Å². The Hall–Kier alpha value is -1.16. The summed E-state index contributed by atoms with van der Waals surface area (Å²) in [5, 5.41) is 22.2. The molecule has 2 aromatic rings. The highest BCUT2D eigenvalue weighted by Crippen LogP contribution is 2.30. The summed E-state index contributed by atoms with van der Waals surface area (Å²) in [6.07, 6.45) is 9.29. The van der Waals surface area contributed by atoms with Gasteiger partial charge in [-0.15, -0.1) is 48.0 Å². The molecule has 43 heavy (non-hydrogen) atoms. The number of aromatic amines is 2. The number of H-pyrrole nitrogens is 2. The van der Waals surface area contributed by atoms with Gasteiger partial charge in [-0.05, 0) is 48.6 Å². The molecule has 0 spiro atoms. The molecule has 0 aliphatic carbocycles. The van der Waals surface area contributed by atoms with Gasteiger partial charge in [-0.25, -0.2) is 0 Å². The Kier molecular flexibility index (Phi) is 26.3. The SMILES string of the molecule is CCC(C)(C)CC.CCC(C)(C)CC.CCC(C)(CC)c1cc(C#N)n[nH]1.CCC(C)(CC)c1cc(C(N)=O)n[nH]1.I.I. The standard InChI is InChI=1S/C10H17N3O.C10H15N3.2C7H16.2HI/c1-4-10(3,5-2)8-6-7(9(11)14)12-13-8;1-4-10(3,5-2)9-6-8(7-11)12-13-9;2*1-5-7(3,4)6-2;;/h6H,4-5H2,1-3H3,(H2,11,14)(H,12,13);6H,4-5H2,1-3H3,(H,12,13);2*5-6H2,1-4H3;2*1H. The third-order valence-corrected chi connectivity index (χ3v) is 9.77. The minimum Gasteiger partial charge on any atom is -0.364 e. The minimum absolute atomic E-state index is 0. The average Bonchev–Trinajstić information content (AvgIpc) is 3.69. The highest BCUT2D eigenvalue weighted by molar-refractivity contribution is 14.0. The van der Waals surface area contributed by atoms with Crippen LogP contribution in [0.25, 0.3) is 0 Å². The van der Waals surface area contributed by atoms with Gasteiger partial charge in [0.1, 0.15) is 11.8 Å². The second-order valence-electron chi connectivity index (χ2n) is 13.1. The van der Waals surface area contributed by atoms with Crippen molar-refractivity contribution in [2.45, 2.75) is 159 Å². The maximum absolute atomic E-state index is 10.9. The molecule has 0 aromatic carbocycles. The molecule has 1 amide bonds. The van der Waals surface area contributed by atoms with Crippen LogP contribution in [0.4, 0.5) is 0 Å². The van der Waals surface area contributed by atoms with Gasteiger partial charge in [0, 0.05) is 22.2 Å². The van der Waals surface area contributed by atoms with Gasteiger partial charge in [-0.3, -0.25) is 15.0 Å². The third-order valence-electron chi connectivity index (χ3n) is 9.77. The number of aromatic nitrogens is 4. The Balaban J connectivity index is -0.000000244. The fourth-order valence-corrected chi connectivity index (χ4v) is 3.21. The molecule has 0 saturated heterocycles. The first kappa shape index (κ1) is 48.7. The number of primary amides is 1. The summed E-state index contributed by atoms with van der Waals surface area (Å²) < 4.78 is 0. The van der Waals surface area contributed by atoms with Crippen LogP contribution in [0.5, 0.6) is 0 Å². The van der Waals surface area contributed by atoms with E-state index in [0.717, 1.165) is 37.1 Å². The van der Waals surface area contributed by atoms with E-state index >= 15 is 0 Å². The van der Waals surface area contributed by atoms with Crippen molar-refractivity contribution >= 4 is 53.9 Å². The molecule has 2 aromatic heterocycles. The quantitative estimate of drug-likeness (QED) is 0.195. The van der Waals surface area contributed by atoms with E-state index in [4.69, 9.17) is 11.0 Å². The van der Waals surface area contributed by atoms with Crippen LogP contribution in [0, 0.1) is 22.2 Å². The van der Waals surface area contributed by atoms with Crippen molar-refractivity contribution in [1.82, 2.24) is 20.4 Å². The average molecular weight is 829 g/mol. The van der Waals surface area contributed by atoms with Gasteiger partial charge in [0.05, 0.1) is 0 Å². The molecular weight excluding hydrogens is 762 g/mol. The van der Waals surface area contributed by atoms with Crippen molar-refractivity contribution in [3.63, 3.8) is 0 Å². The third kappa shape index (κ3) is 17.8. The highest BCUT2D eigenvalue weighted by Gasteiger charge is 2.25. The number of carbonyl (C=O) groups excluding carboxylic acids is 1. The van der Waals surface area contributed by atoms with E-state index in [1.165, 1.54) is 25.7 Å². The summed E-state index contributed by atoms with van der Waals surface area (Å²) in [4.78, 5) is 10.9. The summed E-state index contributed by atoms with van der Waals surface area (Å²) in [6, 6.07) is 5.61. The molecule has 0 fully saturated rings. The van der Waals surface area contributed by atoms with Crippen LogP contribution in [0.15, 0.2) is 12.1 Å². The molecule has 0 aliphatic rings. The number of nitriles is 1. The second-order valence-corrected chi connectivity index (χ2v) is 13.1. The zero-order valence-corrected chi connectivity index (χ0v) is 34.6. The topological polar surface area (TPSA) is 124 Å². The van der Waals surface area contributed by atoms with Crippen LogP contribution in [-0.2, 0) is 10.8 Å². The van der Waals surface area contributed by atoms with Crippen molar-refractivity contribution in [3.05, 3.63) is 34.9 Å². The Morgan fingerprint density at radius 1 is 0.674 bits per heavy atom. The molecule has 2 rings (SSSR count). The number of nitrogens with zero attached hydrogens (tertiary/aromatic N) is 3. The predicted octanol–water partition coefficient (Wildman–Crippen LogP) is 10.8. The van der Waals surface area contributed by atoms with E-state index in [0.29, 0.717) is 22.2 Å². The monoisotopic (exact) mass is 828 g/mol. The summed E-state index contributed by atoms with van der Waals surface area (Å²) >= 11 is 0. The summed E-state index contributed by atoms with van der Waals surface area (Å²) in [6.45, 7) is 31.0. The van der Waals surface area contributed by atoms with E-state index in [-0.39, 0.29) is 58.8 Å². The molecule has 4 N–H and O–H groups in total. The molecular formula is C34H66I2N6O. The number of nitrogens with one attached hydrogen (secondary N) is 2. The molecule has 7 nitrogen and oxygen atoms in total. The summed E-state index contributed by atoms with van der Waals surface area (Å²) in [5.74, 6) is -0.484. The largest absolute Gasteiger partial charge is 0.364 e. The number of hydrogen-bond acceptors (Lipinski definition) is 4. The van der Waals surface area contributed by atoms with Crippen LogP contribution in [-0.4, -0.2) is 26.3 Å². The zero-order valence-electron chi connectivity index (χ0n) is 30.0. The van der Waals surface area contributed by atoms with E-state index in [1.807, 2.05) is 12.1 Å². The number of amides is 1. The first-order valence-corrected chi connectivity index (χ1v) is 15.8. The van der Waals surface area contributed by atoms with Crippen molar-refractivity contribution in [3.8, 4) is 6.07 Å². The molecule has 0 bridgehead atoms. The lowest BCUT2D eigenvalue weighted by Gasteiger charge is -2.24. The summed E-state index contributed by atoms with van der Waals surface area (Å²) in [5.41, 5.74) is 9.32. The lowest BCUT2D eigenvalue weighted by molar-refractivity contribution is 0.0995. The first-order chi connectivity index (χ1) is 18.9. The fraction of sp³-hybridized carbons (Fsp3) is 0.765. The van der Waals surface area contributed by atoms with Gasteiger partial charge in [-0.1, -0.05) is 123 Å². The van der Waals surface area contributed by atoms with Crippen LogP contribution < -0.4 is 5.73 Å². The first-order valence-electron chi connectivity index (χ1n) is 15.8. The van der Waals surface area contributed by atoms with Crippen molar-refractivity contribution in [2.24, 2.45) is 16.6 Å². The smallest absolute Gasteiger partial charge is 0.269 e. The normalized spacial score (nSPS) is 11.1. The summed E-state index contributed by atoms with van der Waals surface area (Å²) in [7, 11) is 0. The van der Waals surface area contributed by atoms with Crippen molar-refractivity contribution < 1.29 is 4.79 Å². The van der Waals surface area contributed by atoms with E-state index in [1.54, 1.807) is 6.07 Å². The van der Waals surface area contributed by atoms with Gasteiger partial charge >= 0.3 is 0 Å². The molecule has 0 saturated carbocycles. The molecule has 0 unspecified atom stereocenters. The second kappa shape index (κ2) is 23.2. The molecule has 252 valence electrons. The van der Waals surface area contributed by atoms with E-state index in [2.05, 4.69) is 117 Å². The molecule has 0 aliphatic heterocycles. The van der Waals surface area contributed by atoms with Crippen LogP contribution in [0.2, 0.25) is 0 Å². The predicted molar refractivity (Wildman–Crippen MR) is 206 cm³/mol. The fourth-order valence-electron chi connectivity index (χ4n) is 3.21. The van der Waals surface area contributed by atoms with Crippen LogP contribution >= 0.6 is 48.0 Å². The molecule has 9 heteroatoms. The maximum atomic E-state index is 10.9. The van der Waals surface area contributed by atoms with Crippen LogP contribution in [0.3, 0.4) is 0 Å². The van der Waals surface area contributed by atoms with Crippen LogP contribution in [0.1, 0.15) is 176 Å². The Morgan fingerprint density at radius 3 is 1.21 bits per heavy atom. The van der Waals surface area contributed by atoms with Gasteiger partial charge in [0.2, 0.25) is 0 Å². The van der Waals surface area contributed by atoms with Crippen molar-refractivity contribution in [1.29, 1.82) is 5.26 Å². The Labute approximate surface area is 299 Å². The van der Waals surface area contributed by atoms with Gasteiger partial charge < -0.3 is 5.73 Å². The number of rotatable bonds is 11. The number of halogens is 2. The minimum atomic E-state index is -0.484. The Bertz CT molecular complexity index is 1000. The zero-order chi connectivity index (χ0) is 32.5. The van der Waals surface area contributed by atoms with E-state index in [9.17, 15) is 4.79 Å². The molecule has 0 radical (unpaired) electrons. The molecule has 0 atom stereocenters. The molecule has 2 heterocycles.